The molecule has 0 saturated heterocycles. The normalized spacial score (nSPS) is 12.3. The molecule has 2 aromatic heterocycles. The fourth-order valence-corrected chi connectivity index (χ4v) is 2.95. The quantitative estimate of drug-likeness (QED) is 0.768. The Hall–Kier alpha value is -1.13. The van der Waals surface area contributed by atoms with Crippen LogP contribution in [0.25, 0.3) is 0 Å². The summed E-state index contributed by atoms with van der Waals surface area (Å²) in [4.78, 5) is 12.7. The Morgan fingerprint density at radius 1 is 1.40 bits per heavy atom. The van der Waals surface area contributed by atoms with E-state index < -0.39 is 0 Å². The summed E-state index contributed by atoms with van der Waals surface area (Å²) in [7, 11) is 1.43. The molecule has 0 N–H and O–H groups in total. The van der Waals surface area contributed by atoms with Gasteiger partial charge in [-0.25, -0.2) is 0 Å². The lowest BCUT2D eigenvalue weighted by atomic mass is 10.0. The first-order chi connectivity index (χ1) is 7.33. The van der Waals surface area contributed by atoms with Crippen LogP contribution in [0.2, 0.25) is 0 Å². The Kier molecular flexibility index (Phi) is 3.18. The molecule has 2 aromatic rings. The Labute approximate surface area is 96.1 Å². The van der Waals surface area contributed by atoms with E-state index in [0.717, 1.165) is 10.4 Å². The smallest absolute Gasteiger partial charge is 0.318 e. The second-order valence-electron chi connectivity index (χ2n) is 3.03. The summed E-state index contributed by atoms with van der Waals surface area (Å²) in [5.74, 6) is -0.461. The highest BCUT2D eigenvalue weighted by Gasteiger charge is 2.24. The molecule has 0 aliphatic carbocycles. The van der Waals surface area contributed by atoms with Crippen molar-refractivity contribution in [3.8, 4) is 0 Å². The Morgan fingerprint density at radius 2 is 2.27 bits per heavy atom. The van der Waals surface area contributed by atoms with Crippen molar-refractivity contribution < 1.29 is 9.53 Å². The van der Waals surface area contributed by atoms with E-state index in [0.29, 0.717) is 0 Å². The molecule has 78 valence electrons. The summed E-state index contributed by atoms with van der Waals surface area (Å²) in [5.41, 5.74) is 1.01. The van der Waals surface area contributed by atoms with Gasteiger partial charge in [-0.1, -0.05) is 6.07 Å². The molecule has 0 fully saturated rings. The van der Waals surface area contributed by atoms with E-state index in [9.17, 15) is 4.79 Å². The van der Waals surface area contributed by atoms with Crippen molar-refractivity contribution in [1.29, 1.82) is 0 Å². The zero-order valence-electron chi connectivity index (χ0n) is 8.17. The molecule has 0 spiro atoms. The number of esters is 1. The lowest BCUT2D eigenvalue weighted by Gasteiger charge is -2.10. The van der Waals surface area contributed by atoms with E-state index in [2.05, 4.69) is 0 Å². The third-order valence-corrected chi connectivity index (χ3v) is 3.78. The van der Waals surface area contributed by atoms with Crippen LogP contribution < -0.4 is 0 Å². The van der Waals surface area contributed by atoms with Crippen LogP contribution in [0, 0.1) is 0 Å². The van der Waals surface area contributed by atoms with Crippen LogP contribution in [0.15, 0.2) is 34.3 Å². The first-order valence-electron chi connectivity index (χ1n) is 4.46. The average molecular weight is 238 g/mol. The topological polar surface area (TPSA) is 26.3 Å². The van der Waals surface area contributed by atoms with Crippen molar-refractivity contribution in [2.24, 2.45) is 0 Å². The minimum Gasteiger partial charge on any atom is -0.468 e. The van der Waals surface area contributed by atoms with Gasteiger partial charge in [0.05, 0.1) is 7.11 Å². The van der Waals surface area contributed by atoms with Gasteiger partial charge in [0, 0.05) is 4.88 Å². The van der Waals surface area contributed by atoms with E-state index in [1.807, 2.05) is 34.3 Å². The van der Waals surface area contributed by atoms with Gasteiger partial charge in [-0.3, -0.25) is 4.79 Å². The van der Waals surface area contributed by atoms with Crippen molar-refractivity contribution in [3.63, 3.8) is 0 Å². The average Bonchev–Trinajstić information content (AvgIpc) is 2.90. The van der Waals surface area contributed by atoms with Crippen LogP contribution in [0.5, 0.6) is 0 Å². The number of hydrogen-bond acceptors (Lipinski definition) is 4. The Bertz CT molecular complexity index is 383. The number of thiophene rings is 2. The SMILES string of the molecule is COC(=O)C(c1ccsc1)c1cccs1. The van der Waals surface area contributed by atoms with Gasteiger partial charge >= 0.3 is 5.97 Å². The maximum Gasteiger partial charge on any atom is 0.318 e. The number of carbonyl (C=O) groups is 1. The lowest BCUT2D eigenvalue weighted by molar-refractivity contribution is -0.141. The van der Waals surface area contributed by atoms with Gasteiger partial charge in [-0.15, -0.1) is 11.3 Å². The molecule has 2 nitrogen and oxygen atoms in total. The Balaban J connectivity index is 2.37. The summed E-state index contributed by atoms with van der Waals surface area (Å²) in [6.45, 7) is 0. The zero-order chi connectivity index (χ0) is 10.7. The first-order valence-corrected chi connectivity index (χ1v) is 6.28. The molecule has 0 saturated carbocycles. The fraction of sp³-hybridized carbons (Fsp3) is 0.182. The van der Waals surface area contributed by atoms with Gasteiger partial charge in [0.2, 0.25) is 0 Å². The predicted molar refractivity (Wildman–Crippen MR) is 62.5 cm³/mol. The minimum atomic E-state index is -0.263. The fourth-order valence-electron chi connectivity index (χ4n) is 1.43. The summed E-state index contributed by atoms with van der Waals surface area (Å²) >= 11 is 3.17. The summed E-state index contributed by atoms with van der Waals surface area (Å²) < 4.78 is 4.83. The maximum absolute atomic E-state index is 11.7. The van der Waals surface area contributed by atoms with Crippen LogP contribution in [-0.4, -0.2) is 13.1 Å². The van der Waals surface area contributed by atoms with Crippen molar-refractivity contribution in [1.82, 2.24) is 0 Å². The second-order valence-corrected chi connectivity index (χ2v) is 4.79. The van der Waals surface area contributed by atoms with Crippen molar-refractivity contribution in [3.05, 3.63) is 44.8 Å². The highest BCUT2D eigenvalue weighted by atomic mass is 32.1. The van der Waals surface area contributed by atoms with Gasteiger partial charge < -0.3 is 4.74 Å². The maximum atomic E-state index is 11.7. The minimum absolute atomic E-state index is 0.198. The van der Waals surface area contributed by atoms with Gasteiger partial charge in [-0.2, -0.15) is 11.3 Å². The number of ether oxygens (including phenoxy) is 1. The van der Waals surface area contributed by atoms with Gasteiger partial charge in [0.1, 0.15) is 5.92 Å². The third-order valence-electron chi connectivity index (χ3n) is 2.14. The summed E-state index contributed by atoms with van der Waals surface area (Å²) in [5, 5.41) is 5.93. The molecular formula is C11H10O2S2. The van der Waals surface area contributed by atoms with Gasteiger partial charge in [0.25, 0.3) is 0 Å². The number of methoxy groups -OCH3 is 1. The highest BCUT2D eigenvalue weighted by Crippen LogP contribution is 2.30. The van der Waals surface area contributed by atoms with Crippen LogP contribution in [0.4, 0.5) is 0 Å². The molecule has 1 unspecified atom stereocenters. The molecule has 0 aromatic carbocycles. The van der Waals surface area contributed by atoms with Crippen molar-refractivity contribution in [2.45, 2.75) is 5.92 Å². The molecular weight excluding hydrogens is 228 g/mol. The van der Waals surface area contributed by atoms with Gasteiger partial charge in [-0.05, 0) is 33.8 Å². The van der Waals surface area contributed by atoms with Crippen LogP contribution in [0.1, 0.15) is 16.4 Å². The van der Waals surface area contributed by atoms with Crippen molar-refractivity contribution in [2.75, 3.05) is 7.11 Å². The number of hydrogen-bond donors (Lipinski definition) is 0. The number of carbonyl (C=O) groups excluding carboxylic acids is 1. The van der Waals surface area contributed by atoms with E-state index in [1.54, 1.807) is 22.7 Å². The molecule has 15 heavy (non-hydrogen) atoms. The second kappa shape index (κ2) is 4.59. The molecule has 0 bridgehead atoms. The predicted octanol–water partition coefficient (Wildman–Crippen LogP) is 3.11. The third kappa shape index (κ3) is 2.11. The standard InChI is InChI=1S/C11H10O2S2/c1-13-11(12)10(8-4-6-14-7-8)9-3-2-5-15-9/h2-7,10H,1H3. The number of rotatable bonds is 3. The Morgan fingerprint density at radius 3 is 2.80 bits per heavy atom. The molecule has 2 heterocycles. The van der Waals surface area contributed by atoms with E-state index in [4.69, 9.17) is 4.74 Å². The van der Waals surface area contributed by atoms with Crippen LogP contribution in [-0.2, 0) is 9.53 Å². The summed E-state index contributed by atoms with van der Waals surface area (Å²) in [6, 6.07) is 5.87. The molecule has 0 amide bonds. The molecule has 2 rings (SSSR count). The van der Waals surface area contributed by atoms with E-state index >= 15 is 0 Å². The zero-order valence-corrected chi connectivity index (χ0v) is 9.81. The van der Waals surface area contributed by atoms with Gasteiger partial charge in [0.15, 0.2) is 0 Å². The van der Waals surface area contributed by atoms with E-state index in [1.165, 1.54) is 7.11 Å². The monoisotopic (exact) mass is 238 g/mol. The van der Waals surface area contributed by atoms with Crippen LogP contribution in [0.3, 0.4) is 0 Å². The first kappa shape index (κ1) is 10.4. The molecule has 0 radical (unpaired) electrons. The van der Waals surface area contributed by atoms with E-state index in [-0.39, 0.29) is 11.9 Å². The molecule has 0 aliphatic heterocycles. The summed E-state index contributed by atoms with van der Waals surface area (Å²) in [6.07, 6.45) is 0. The molecule has 4 heteroatoms. The highest BCUT2D eigenvalue weighted by molar-refractivity contribution is 7.10. The molecule has 0 aliphatic rings. The molecule has 1 atom stereocenters. The largest absolute Gasteiger partial charge is 0.468 e. The lowest BCUT2D eigenvalue weighted by Crippen LogP contribution is -2.13. The van der Waals surface area contributed by atoms with Crippen LogP contribution >= 0.6 is 22.7 Å². The van der Waals surface area contributed by atoms with Crippen molar-refractivity contribution >= 4 is 28.6 Å².